The van der Waals surface area contributed by atoms with Crippen LogP contribution in [0.5, 0.6) is 0 Å². The first-order chi connectivity index (χ1) is 13.1. The Morgan fingerprint density at radius 2 is 1.78 bits per heavy atom. The highest BCUT2D eigenvalue weighted by Gasteiger charge is 2.35. The number of nitrogens with one attached hydrogen (secondary N) is 1. The lowest BCUT2D eigenvalue weighted by Crippen LogP contribution is -2.28. The second-order valence-corrected chi connectivity index (χ2v) is 7.47. The molecule has 0 spiro atoms. The van der Waals surface area contributed by atoms with Crippen LogP contribution in [0.2, 0.25) is 0 Å². The number of hydrogen-bond donors (Lipinski definition) is 1. The molecule has 0 radical (unpaired) electrons. The summed E-state index contributed by atoms with van der Waals surface area (Å²) in [6.45, 7) is 4.63. The van der Waals surface area contributed by atoms with Gasteiger partial charge in [0.1, 0.15) is 0 Å². The lowest BCUT2D eigenvalue weighted by molar-refractivity contribution is -0.122. The predicted molar refractivity (Wildman–Crippen MR) is 108 cm³/mol. The van der Waals surface area contributed by atoms with Crippen LogP contribution in [0.1, 0.15) is 24.8 Å². The molecule has 2 aromatic carbocycles. The molecule has 2 amide bonds. The summed E-state index contributed by atoms with van der Waals surface area (Å²) in [5.74, 6) is -0.408. The molecule has 5 nitrogen and oxygen atoms in total. The zero-order valence-electron chi connectivity index (χ0n) is 15.6. The van der Waals surface area contributed by atoms with Crippen LogP contribution in [-0.2, 0) is 9.59 Å². The van der Waals surface area contributed by atoms with E-state index >= 15 is 0 Å². The summed E-state index contributed by atoms with van der Waals surface area (Å²) >= 11 is 0. The molecule has 2 aliphatic rings. The van der Waals surface area contributed by atoms with Crippen LogP contribution >= 0.6 is 0 Å². The average molecular weight is 363 g/mol. The van der Waals surface area contributed by atoms with Crippen LogP contribution < -0.4 is 15.1 Å². The number of amides is 2. The van der Waals surface area contributed by atoms with Crippen molar-refractivity contribution in [3.63, 3.8) is 0 Å². The molecule has 1 atom stereocenters. The molecule has 2 heterocycles. The van der Waals surface area contributed by atoms with E-state index in [9.17, 15) is 9.59 Å². The van der Waals surface area contributed by atoms with Gasteiger partial charge in [-0.3, -0.25) is 9.59 Å². The van der Waals surface area contributed by atoms with Gasteiger partial charge < -0.3 is 15.1 Å². The van der Waals surface area contributed by atoms with Crippen molar-refractivity contribution in [1.82, 2.24) is 0 Å². The molecule has 4 rings (SSSR count). The maximum atomic E-state index is 12.6. The molecule has 0 saturated carbocycles. The van der Waals surface area contributed by atoms with Gasteiger partial charge in [-0.1, -0.05) is 12.1 Å². The Balaban J connectivity index is 1.39. The summed E-state index contributed by atoms with van der Waals surface area (Å²) in [7, 11) is 0. The highest BCUT2D eigenvalue weighted by molar-refractivity contribution is 6.03. The number of carbonyl (C=O) groups is 2. The van der Waals surface area contributed by atoms with Gasteiger partial charge >= 0.3 is 0 Å². The molecule has 1 N–H and O–H groups in total. The summed E-state index contributed by atoms with van der Waals surface area (Å²) in [6.07, 6.45) is 2.74. The van der Waals surface area contributed by atoms with Crippen LogP contribution in [0.25, 0.3) is 0 Å². The number of carbonyl (C=O) groups excluding carboxylic acids is 2. The molecule has 5 heteroatoms. The monoisotopic (exact) mass is 363 g/mol. The minimum atomic E-state index is -0.323. The Morgan fingerprint density at radius 3 is 2.48 bits per heavy atom. The van der Waals surface area contributed by atoms with Crippen molar-refractivity contribution in [3.8, 4) is 0 Å². The molecule has 2 aliphatic heterocycles. The highest BCUT2D eigenvalue weighted by atomic mass is 16.2. The van der Waals surface area contributed by atoms with E-state index in [2.05, 4.69) is 22.3 Å². The standard InChI is InChI=1S/C22H25N3O2/c1-16-5-4-6-20(13-16)25-15-17(14-21(25)26)22(27)23-18-7-9-19(10-8-18)24-11-2-3-12-24/h4-10,13,17H,2-3,11-12,14-15H2,1H3,(H,23,27). The van der Waals surface area contributed by atoms with Crippen molar-refractivity contribution < 1.29 is 9.59 Å². The number of rotatable bonds is 4. The Kier molecular flexibility index (Phi) is 4.84. The lowest BCUT2D eigenvalue weighted by atomic mass is 10.1. The quantitative estimate of drug-likeness (QED) is 0.903. The molecule has 0 aromatic heterocycles. The normalized spacial score (nSPS) is 19.6. The van der Waals surface area contributed by atoms with Crippen molar-refractivity contribution in [2.45, 2.75) is 26.2 Å². The highest BCUT2D eigenvalue weighted by Crippen LogP contribution is 2.27. The Hall–Kier alpha value is -2.82. The second-order valence-electron chi connectivity index (χ2n) is 7.47. The number of nitrogens with zero attached hydrogens (tertiary/aromatic N) is 2. The SMILES string of the molecule is Cc1cccc(N2CC(C(=O)Nc3ccc(N4CCCC4)cc3)CC2=O)c1. The summed E-state index contributed by atoms with van der Waals surface area (Å²) in [6, 6.07) is 15.8. The summed E-state index contributed by atoms with van der Waals surface area (Å²) in [4.78, 5) is 29.1. The topological polar surface area (TPSA) is 52.7 Å². The van der Waals surface area contributed by atoms with Crippen molar-refractivity contribution in [3.05, 3.63) is 54.1 Å². The largest absolute Gasteiger partial charge is 0.372 e. The fraction of sp³-hybridized carbons (Fsp3) is 0.364. The van der Waals surface area contributed by atoms with Gasteiger partial charge in [-0.2, -0.15) is 0 Å². The summed E-state index contributed by atoms with van der Waals surface area (Å²) in [5, 5.41) is 2.97. The molecule has 2 fully saturated rings. The Morgan fingerprint density at radius 1 is 1.04 bits per heavy atom. The number of benzene rings is 2. The fourth-order valence-corrected chi connectivity index (χ4v) is 3.90. The first-order valence-corrected chi connectivity index (χ1v) is 9.63. The number of anilines is 3. The van der Waals surface area contributed by atoms with Crippen LogP contribution in [0.3, 0.4) is 0 Å². The molecular formula is C22H25N3O2. The van der Waals surface area contributed by atoms with E-state index in [1.54, 1.807) is 4.90 Å². The van der Waals surface area contributed by atoms with Gasteiger partial charge in [-0.15, -0.1) is 0 Å². The van der Waals surface area contributed by atoms with Gasteiger partial charge in [0, 0.05) is 43.1 Å². The third-order valence-corrected chi connectivity index (χ3v) is 5.42. The zero-order chi connectivity index (χ0) is 18.8. The maximum absolute atomic E-state index is 12.6. The third-order valence-electron chi connectivity index (χ3n) is 5.42. The zero-order valence-corrected chi connectivity index (χ0v) is 15.6. The van der Waals surface area contributed by atoms with Crippen LogP contribution in [-0.4, -0.2) is 31.4 Å². The van der Waals surface area contributed by atoms with Gasteiger partial charge in [0.25, 0.3) is 0 Å². The molecule has 2 aromatic rings. The number of hydrogen-bond acceptors (Lipinski definition) is 3. The van der Waals surface area contributed by atoms with E-state index in [-0.39, 0.29) is 24.2 Å². The molecule has 0 bridgehead atoms. The average Bonchev–Trinajstić information content (AvgIpc) is 3.32. The maximum Gasteiger partial charge on any atom is 0.229 e. The van der Waals surface area contributed by atoms with Gasteiger partial charge in [0.05, 0.1) is 5.92 Å². The number of aryl methyl sites for hydroxylation is 1. The molecule has 140 valence electrons. The predicted octanol–water partition coefficient (Wildman–Crippen LogP) is 3.59. The van der Waals surface area contributed by atoms with Gasteiger partial charge in [0.15, 0.2) is 0 Å². The van der Waals surface area contributed by atoms with Crippen molar-refractivity contribution >= 4 is 28.9 Å². The minimum absolute atomic E-state index is 0.00475. The molecule has 1 unspecified atom stereocenters. The van der Waals surface area contributed by atoms with Crippen LogP contribution in [0.15, 0.2) is 48.5 Å². The van der Waals surface area contributed by atoms with Crippen LogP contribution in [0.4, 0.5) is 17.1 Å². The summed E-state index contributed by atoms with van der Waals surface area (Å²) in [5.41, 5.74) is 3.95. The van der Waals surface area contributed by atoms with Gasteiger partial charge in [-0.05, 0) is 61.7 Å². The van der Waals surface area contributed by atoms with E-state index in [4.69, 9.17) is 0 Å². The van der Waals surface area contributed by atoms with Crippen molar-refractivity contribution in [2.24, 2.45) is 5.92 Å². The van der Waals surface area contributed by atoms with E-state index < -0.39 is 0 Å². The molecular weight excluding hydrogens is 338 g/mol. The van der Waals surface area contributed by atoms with Gasteiger partial charge in [0.2, 0.25) is 11.8 Å². The molecule has 2 saturated heterocycles. The van der Waals surface area contributed by atoms with Crippen molar-refractivity contribution in [2.75, 3.05) is 34.8 Å². The van der Waals surface area contributed by atoms with Gasteiger partial charge in [-0.25, -0.2) is 0 Å². The van der Waals surface area contributed by atoms with Crippen LogP contribution in [0, 0.1) is 12.8 Å². The first-order valence-electron chi connectivity index (χ1n) is 9.63. The molecule has 0 aliphatic carbocycles. The Labute approximate surface area is 160 Å². The lowest BCUT2D eigenvalue weighted by Gasteiger charge is -2.18. The van der Waals surface area contributed by atoms with E-state index in [0.717, 1.165) is 30.0 Å². The minimum Gasteiger partial charge on any atom is -0.372 e. The molecule has 27 heavy (non-hydrogen) atoms. The Bertz CT molecular complexity index is 841. The summed E-state index contributed by atoms with van der Waals surface area (Å²) < 4.78 is 0. The van der Waals surface area contributed by atoms with E-state index in [1.807, 2.05) is 43.3 Å². The first kappa shape index (κ1) is 17.6. The van der Waals surface area contributed by atoms with E-state index in [0.29, 0.717) is 6.54 Å². The second kappa shape index (κ2) is 7.43. The fourth-order valence-electron chi connectivity index (χ4n) is 3.90. The van der Waals surface area contributed by atoms with E-state index in [1.165, 1.54) is 18.5 Å². The smallest absolute Gasteiger partial charge is 0.229 e. The third kappa shape index (κ3) is 3.82. The van der Waals surface area contributed by atoms with Crippen molar-refractivity contribution in [1.29, 1.82) is 0 Å².